The summed E-state index contributed by atoms with van der Waals surface area (Å²) in [6, 6.07) is 1.87. The molecule has 0 aromatic carbocycles. The first-order valence-corrected chi connectivity index (χ1v) is 10.8. The van der Waals surface area contributed by atoms with Crippen LogP contribution in [-0.4, -0.2) is 79.2 Å². The summed E-state index contributed by atoms with van der Waals surface area (Å²) in [7, 11) is 22.4. The van der Waals surface area contributed by atoms with Crippen molar-refractivity contribution in [3.05, 3.63) is 41.1 Å². The van der Waals surface area contributed by atoms with Gasteiger partial charge in [-0.1, -0.05) is 11.6 Å². The number of aromatic nitrogens is 5. The van der Waals surface area contributed by atoms with Gasteiger partial charge >= 0.3 is 0 Å². The standard InChI is InChI=1S/C16H15B4ClN6O2S/c1-9-3-13-22-8-24-26(13)7-11(9)10-4-15(17,18)27(16(19,20)5-10)30(28,29)12-6-23-25(2)14(12)21/h3,6-8,10H,4-5H2,1-2H3. The fraction of sp³-hybridized carbons (Fsp3) is 0.438. The first-order chi connectivity index (χ1) is 13.8. The van der Waals surface area contributed by atoms with Crippen LogP contribution in [0.15, 0.2) is 29.7 Å². The van der Waals surface area contributed by atoms with E-state index in [1.807, 2.05) is 13.0 Å². The normalized spacial score (nSPS) is 20.0. The van der Waals surface area contributed by atoms with E-state index >= 15 is 0 Å². The van der Waals surface area contributed by atoms with Gasteiger partial charge in [0.2, 0.25) is 10.0 Å². The van der Waals surface area contributed by atoms with Gasteiger partial charge in [-0.3, -0.25) is 4.68 Å². The molecule has 3 aromatic heterocycles. The smallest absolute Gasteiger partial charge is 0.245 e. The molecule has 0 N–H and O–H groups in total. The molecule has 8 radical (unpaired) electrons. The Balaban J connectivity index is 1.77. The monoisotopic (exact) mass is 434 g/mol. The molecule has 0 aliphatic carbocycles. The summed E-state index contributed by atoms with van der Waals surface area (Å²) >= 11 is 6.10. The van der Waals surface area contributed by atoms with E-state index in [0.717, 1.165) is 21.6 Å². The SMILES string of the molecule is [B]C1([B])CC(c2cn3ncnc3cc2C)CC([B])([B])N1S(=O)(=O)c1cnn(C)c1Cl. The quantitative estimate of drug-likeness (QED) is 0.541. The number of rotatable bonds is 3. The van der Waals surface area contributed by atoms with Crippen molar-refractivity contribution in [3.8, 4) is 0 Å². The Morgan fingerprint density at radius 3 is 2.37 bits per heavy atom. The number of pyridine rings is 1. The first-order valence-electron chi connectivity index (χ1n) is 9.03. The molecule has 3 aromatic rings. The van der Waals surface area contributed by atoms with Crippen LogP contribution in [0.25, 0.3) is 5.65 Å². The predicted octanol–water partition coefficient (Wildman–Crippen LogP) is -0.0255. The van der Waals surface area contributed by atoms with Gasteiger partial charge in [0.25, 0.3) is 0 Å². The summed E-state index contributed by atoms with van der Waals surface area (Å²) in [4.78, 5) is 3.88. The summed E-state index contributed by atoms with van der Waals surface area (Å²) in [6.45, 7) is 1.91. The molecule has 14 heteroatoms. The number of piperidine rings is 1. The van der Waals surface area contributed by atoms with Gasteiger partial charge < -0.3 is 0 Å². The van der Waals surface area contributed by atoms with Gasteiger partial charge in [0.1, 0.15) is 16.4 Å². The lowest BCUT2D eigenvalue weighted by Crippen LogP contribution is -2.68. The van der Waals surface area contributed by atoms with Crippen LogP contribution in [0.3, 0.4) is 0 Å². The van der Waals surface area contributed by atoms with Crippen LogP contribution in [-0.2, 0) is 17.1 Å². The fourth-order valence-corrected chi connectivity index (χ4v) is 6.31. The molecule has 1 fully saturated rings. The van der Waals surface area contributed by atoms with Crippen molar-refractivity contribution in [3.63, 3.8) is 0 Å². The summed E-state index contributed by atoms with van der Waals surface area (Å²) in [5.41, 5.74) is 2.45. The molecule has 30 heavy (non-hydrogen) atoms. The minimum absolute atomic E-state index is 0.0707. The number of fused-ring (bicyclic) bond motifs is 1. The Hall–Kier alpha value is -1.71. The van der Waals surface area contributed by atoms with Crippen LogP contribution >= 0.6 is 11.6 Å². The molecule has 0 bridgehead atoms. The summed E-state index contributed by atoms with van der Waals surface area (Å²) < 4.78 is 30.3. The molecule has 0 unspecified atom stereocenters. The second kappa shape index (κ2) is 6.90. The maximum atomic E-state index is 13.3. The third kappa shape index (κ3) is 3.31. The van der Waals surface area contributed by atoms with Crippen molar-refractivity contribution in [2.24, 2.45) is 7.05 Å². The maximum absolute atomic E-state index is 13.3. The molecule has 1 aliphatic rings. The highest BCUT2D eigenvalue weighted by molar-refractivity contribution is 7.89. The highest BCUT2D eigenvalue weighted by Gasteiger charge is 2.51. The molecular formula is C16H15B4ClN6O2S. The first kappa shape index (κ1) is 21.5. The zero-order chi connectivity index (χ0) is 22.1. The summed E-state index contributed by atoms with van der Waals surface area (Å²) in [5, 5.41) is 4.15. The predicted molar refractivity (Wildman–Crippen MR) is 115 cm³/mol. The van der Waals surface area contributed by atoms with Gasteiger partial charge in [0, 0.05) is 13.2 Å². The van der Waals surface area contributed by atoms with Gasteiger partial charge in [0.15, 0.2) is 5.65 Å². The molecule has 4 heterocycles. The van der Waals surface area contributed by atoms with Crippen molar-refractivity contribution in [1.82, 2.24) is 28.7 Å². The maximum Gasteiger partial charge on any atom is 0.245 e. The molecule has 1 saturated heterocycles. The topological polar surface area (TPSA) is 85.4 Å². The van der Waals surface area contributed by atoms with Crippen LogP contribution in [0, 0.1) is 6.92 Å². The van der Waals surface area contributed by atoms with E-state index in [0.29, 0.717) is 5.65 Å². The Kier molecular flexibility index (Phi) is 4.95. The molecule has 146 valence electrons. The Bertz CT molecular complexity index is 1220. The van der Waals surface area contributed by atoms with Crippen LogP contribution in [0.2, 0.25) is 5.15 Å². The third-order valence-electron chi connectivity index (χ3n) is 5.36. The van der Waals surface area contributed by atoms with E-state index in [4.69, 9.17) is 43.0 Å². The van der Waals surface area contributed by atoms with Crippen molar-refractivity contribution in [2.45, 2.75) is 41.3 Å². The lowest BCUT2D eigenvalue weighted by atomic mass is 9.46. The zero-order valence-corrected chi connectivity index (χ0v) is 18.0. The van der Waals surface area contributed by atoms with Crippen LogP contribution in [0.4, 0.5) is 0 Å². The molecule has 0 saturated carbocycles. The van der Waals surface area contributed by atoms with Gasteiger partial charge in [-0.05, 0) is 53.6 Å². The summed E-state index contributed by atoms with van der Waals surface area (Å²) in [5.74, 6) is -0.320. The average Bonchev–Trinajstić information content (AvgIpc) is 3.18. The molecule has 1 aliphatic heterocycles. The van der Waals surface area contributed by atoms with Crippen LogP contribution in [0.1, 0.15) is 29.9 Å². The van der Waals surface area contributed by atoms with Crippen molar-refractivity contribution >= 4 is 58.7 Å². The second-order valence-electron chi connectivity index (χ2n) is 7.75. The highest BCUT2D eigenvalue weighted by atomic mass is 35.5. The second-order valence-corrected chi connectivity index (χ2v) is 9.87. The van der Waals surface area contributed by atoms with E-state index in [9.17, 15) is 8.42 Å². The number of hydrogen-bond acceptors (Lipinski definition) is 5. The summed E-state index contributed by atoms with van der Waals surface area (Å²) in [6.07, 6.45) is 4.50. The van der Waals surface area contributed by atoms with Crippen LogP contribution < -0.4 is 0 Å². The number of halogens is 1. The molecule has 0 spiro atoms. The van der Waals surface area contributed by atoms with E-state index in [2.05, 4.69) is 15.2 Å². The third-order valence-corrected chi connectivity index (χ3v) is 7.94. The minimum Gasteiger partial charge on any atom is -0.256 e. The van der Waals surface area contributed by atoms with E-state index in [-0.39, 0.29) is 28.8 Å². The molecule has 4 rings (SSSR count). The van der Waals surface area contributed by atoms with Gasteiger partial charge in [-0.2, -0.15) is 10.2 Å². The fourth-order valence-electron chi connectivity index (χ4n) is 4.16. The van der Waals surface area contributed by atoms with Gasteiger partial charge in [0.05, 0.1) is 37.6 Å². The molecule has 8 nitrogen and oxygen atoms in total. The molecule has 0 amide bonds. The van der Waals surface area contributed by atoms with Crippen molar-refractivity contribution < 1.29 is 8.42 Å². The van der Waals surface area contributed by atoms with E-state index in [1.165, 1.54) is 18.1 Å². The lowest BCUT2D eigenvalue weighted by Gasteiger charge is -2.56. The van der Waals surface area contributed by atoms with Gasteiger partial charge in [-0.25, -0.2) is 22.2 Å². The van der Waals surface area contributed by atoms with E-state index in [1.54, 1.807) is 10.7 Å². The number of sulfonamides is 1. The zero-order valence-electron chi connectivity index (χ0n) is 16.4. The van der Waals surface area contributed by atoms with Crippen molar-refractivity contribution in [2.75, 3.05) is 0 Å². The Morgan fingerprint density at radius 2 is 1.80 bits per heavy atom. The molecule has 0 atom stereocenters. The van der Waals surface area contributed by atoms with Gasteiger partial charge in [-0.15, -0.1) is 0 Å². The van der Waals surface area contributed by atoms with Crippen LogP contribution in [0.5, 0.6) is 0 Å². The number of nitrogens with zero attached hydrogens (tertiary/aromatic N) is 6. The largest absolute Gasteiger partial charge is 0.256 e. The number of hydrogen-bond donors (Lipinski definition) is 0. The Labute approximate surface area is 185 Å². The minimum atomic E-state index is -4.34. The van der Waals surface area contributed by atoms with Crippen molar-refractivity contribution in [1.29, 1.82) is 0 Å². The lowest BCUT2D eigenvalue weighted by molar-refractivity contribution is 0.208. The van der Waals surface area contributed by atoms with E-state index < -0.39 is 20.7 Å². The molecular weight excluding hydrogens is 419 g/mol. The number of aryl methyl sites for hydroxylation is 2. The average molecular weight is 434 g/mol. The Morgan fingerprint density at radius 1 is 1.17 bits per heavy atom. The highest BCUT2D eigenvalue weighted by Crippen LogP contribution is 2.45.